The van der Waals surface area contributed by atoms with Crippen molar-refractivity contribution in [2.75, 3.05) is 0 Å². The molecule has 4 bridgehead atoms. The highest BCUT2D eigenvalue weighted by molar-refractivity contribution is 4.92. The standard InChI is InChI=1S/C9H14O.CH4/c1-6-2-8-4-7(1)5-9(3-6)10-8;/h6-9H,1-5H2;1H4. The van der Waals surface area contributed by atoms with Crippen molar-refractivity contribution in [3.05, 3.63) is 0 Å². The van der Waals surface area contributed by atoms with Gasteiger partial charge in [0.25, 0.3) is 0 Å². The lowest BCUT2D eigenvalue weighted by atomic mass is 9.67. The fraction of sp³-hybridized carbons (Fsp3) is 1.00. The molecular formula is C10H18O. The second-order valence-electron chi connectivity index (χ2n) is 4.29. The normalized spacial score (nSPS) is 52.4. The van der Waals surface area contributed by atoms with E-state index < -0.39 is 0 Å². The van der Waals surface area contributed by atoms with E-state index in [0.29, 0.717) is 12.2 Å². The van der Waals surface area contributed by atoms with Gasteiger partial charge in [-0.05, 0) is 43.9 Å². The lowest BCUT2D eigenvalue weighted by Crippen LogP contribution is -2.45. The molecule has 1 heteroatoms. The molecule has 0 radical (unpaired) electrons. The molecule has 4 fully saturated rings. The molecule has 2 saturated carbocycles. The fourth-order valence-electron chi connectivity index (χ4n) is 3.22. The topological polar surface area (TPSA) is 9.23 Å². The number of hydrogen-bond donors (Lipinski definition) is 0. The van der Waals surface area contributed by atoms with Crippen molar-refractivity contribution in [2.45, 2.75) is 51.7 Å². The molecule has 64 valence electrons. The summed E-state index contributed by atoms with van der Waals surface area (Å²) in [7, 11) is 0. The molecule has 0 unspecified atom stereocenters. The van der Waals surface area contributed by atoms with E-state index in [1.165, 1.54) is 32.1 Å². The molecule has 0 amide bonds. The largest absolute Gasteiger partial charge is 0.375 e. The summed E-state index contributed by atoms with van der Waals surface area (Å²) < 4.78 is 5.82. The van der Waals surface area contributed by atoms with Crippen LogP contribution in [0, 0.1) is 11.8 Å². The highest BCUT2D eigenvalue weighted by Gasteiger charge is 2.42. The van der Waals surface area contributed by atoms with Crippen LogP contribution in [0.15, 0.2) is 0 Å². The van der Waals surface area contributed by atoms with Crippen LogP contribution in [0.3, 0.4) is 0 Å². The Balaban J connectivity index is 0.000000480. The highest BCUT2D eigenvalue weighted by atomic mass is 16.5. The molecule has 11 heavy (non-hydrogen) atoms. The van der Waals surface area contributed by atoms with Crippen LogP contribution in [0.5, 0.6) is 0 Å². The van der Waals surface area contributed by atoms with Crippen molar-refractivity contribution in [3.63, 3.8) is 0 Å². The molecule has 0 atom stereocenters. The summed E-state index contributed by atoms with van der Waals surface area (Å²) in [4.78, 5) is 0. The van der Waals surface area contributed by atoms with Crippen molar-refractivity contribution < 1.29 is 4.74 Å². The molecule has 4 aliphatic rings. The number of ether oxygens (including phenoxy) is 1. The van der Waals surface area contributed by atoms with E-state index in [1.54, 1.807) is 0 Å². The zero-order valence-corrected chi connectivity index (χ0v) is 6.25. The third-order valence-electron chi connectivity index (χ3n) is 3.44. The van der Waals surface area contributed by atoms with Gasteiger partial charge in [0.1, 0.15) is 0 Å². The zero-order valence-electron chi connectivity index (χ0n) is 6.25. The maximum absolute atomic E-state index is 5.82. The molecule has 2 aliphatic heterocycles. The van der Waals surface area contributed by atoms with Gasteiger partial charge in [-0.25, -0.2) is 0 Å². The van der Waals surface area contributed by atoms with Crippen LogP contribution >= 0.6 is 0 Å². The van der Waals surface area contributed by atoms with Crippen LogP contribution in [-0.2, 0) is 4.74 Å². The van der Waals surface area contributed by atoms with Crippen molar-refractivity contribution in [1.29, 1.82) is 0 Å². The third-order valence-corrected chi connectivity index (χ3v) is 3.44. The van der Waals surface area contributed by atoms with E-state index in [0.717, 1.165) is 11.8 Å². The summed E-state index contributed by atoms with van der Waals surface area (Å²) in [5.74, 6) is 2.10. The average Bonchev–Trinajstić information content (AvgIpc) is 1.82. The molecule has 0 aromatic rings. The average molecular weight is 154 g/mol. The fourth-order valence-corrected chi connectivity index (χ4v) is 3.22. The van der Waals surface area contributed by atoms with Gasteiger partial charge in [-0.15, -0.1) is 0 Å². The minimum Gasteiger partial charge on any atom is -0.375 e. The minimum atomic E-state index is 0. The molecule has 1 nitrogen and oxygen atoms in total. The molecule has 0 N–H and O–H groups in total. The maximum atomic E-state index is 5.82. The van der Waals surface area contributed by atoms with E-state index >= 15 is 0 Å². The minimum absolute atomic E-state index is 0. The van der Waals surface area contributed by atoms with E-state index in [-0.39, 0.29) is 7.43 Å². The van der Waals surface area contributed by atoms with E-state index in [1.807, 2.05) is 0 Å². The summed E-state index contributed by atoms with van der Waals surface area (Å²) in [6.07, 6.45) is 8.41. The van der Waals surface area contributed by atoms with Crippen molar-refractivity contribution >= 4 is 0 Å². The Morgan fingerprint density at radius 3 is 1.55 bits per heavy atom. The Morgan fingerprint density at radius 1 is 0.727 bits per heavy atom. The summed E-state index contributed by atoms with van der Waals surface area (Å²) in [5, 5.41) is 0. The second-order valence-corrected chi connectivity index (χ2v) is 4.29. The summed E-state index contributed by atoms with van der Waals surface area (Å²) in [5.41, 5.74) is 0. The van der Waals surface area contributed by atoms with Gasteiger partial charge < -0.3 is 4.74 Å². The maximum Gasteiger partial charge on any atom is 0.0584 e. The van der Waals surface area contributed by atoms with Crippen molar-refractivity contribution in [3.8, 4) is 0 Å². The molecule has 2 saturated heterocycles. The quantitative estimate of drug-likeness (QED) is 0.521. The first-order chi connectivity index (χ1) is 4.90. The zero-order chi connectivity index (χ0) is 6.55. The van der Waals surface area contributed by atoms with Crippen LogP contribution in [0.1, 0.15) is 39.5 Å². The van der Waals surface area contributed by atoms with Gasteiger partial charge in [-0.2, -0.15) is 0 Å². The van der Waals surface area contributed by atoms with Crippen LogP contribution < -0.4 is 0 Å². The molecule has 0 aromatic heterocycles. The lowest BCUT2D eigenvalue weighted by molar-refractivity contribution is -0.154. The molecule has 0 aromatic carbocycles. The van der Waals surface area contributed by atoms with Crippen LogP contribution in [0.2, 0.25) is 0 Å². The smallest absolute Gasteiger partial charge is 0.0584 e. The number of hydrogen-bond acceptors (Lipinski definition) is 1. The van der Waals surface area contributed by atoms with Gasteiger partial charge in [0.05, 0.1) is 12.2 Å². The summed E-state index contributed by atoms with van der Waals surface area (Å²) in [6.45, 7) is 0. The number of rotatable bonds is 0. The van der Waals surface area contributed by atoms with Gasteiger partial charge in [-0.1, -0.05) is 7.43 Å². The highest BCUT2D eigenvalue weighted by Crippen LogP contribution is 2.47. The summed E-state index contributed by atoms with van der Waals surface area (Å²) >= 11 is 0. The van der Waals surface area contributed by atoms with Crippen molar-refractivity contribution in [2.24, 2.45) is 11.8 Å². The van der Waals surface area contributed by atoms with Gasteiger partial charge in [0.15, 0.2) is 0 Å². The Bertz CT molecular complexity index is 96.4. The Labute approximate surface area is 69.1 Å². The van der Waals surface area contributed by atoms with E-state index in [9.17, 15) is 0 Å². The van der Waals surface area contributed by atoms with E-state index in [2.05, 4.69) is 0 Å². The van der Waals surface area contributed by atoms with Gasteiger partial charge in [-0.3, -0.25) is 0 Å². The first kappa shape index (κ1) is 7.60. The second kappa shape index (κ2) is 2.48. The Morgan fingerprint density at radius 2 is 1.18 bits per heavy atom. The molecule has 2 heterocycles. The van der Waals surface area contributed by atoms with Gasteiger partial charge >= 0.3 is 0 Å². The van der Waals surface area contributed by atoms with Crippen LogP contribution in [0.4, 0.5) is 0 Å². The first-order valence-electron chi connectivity index (χ1n) is 4.55. The molecule has 0 spiro atoms. The monoisotopic (exact) mass is 154 g/mol. The predicted octanol–water partition coefficient (Wildman–Crippen LogP) is 2.60. The van der Waals surface area contributed by atoms with Gasteiger partial charge in [0.2, 0.25) is 0 Å². The third kappa shape index (κ3) is 1.10. The first-order valence-corrected chi connectivity index (χ1v) is 4.55. The Hall–Kier alpha value is -0.0400. The predicted molar refractivity (Wildman–Crippen MR) is 45.5 cm³/mol. The van der Waals surface area contributed by atoms with Crippen LogP contribution in [0.25, 0.3) is 0 Å². The Kier molecular flexibility index (Phi) is 1.71. The van der Waals surface area contributed by atoms with Crippen molar-refractivity contribution in [1.82, 2.24) is 0 Å². The molecule has 2 aliphatic carbocycles. The molecular weight excluding hydrogens is 136 g/mol. The molecule has 4 rings (SSSR count). The lowest BCUT2D eigenvalue weighted by Gasteiger charge is -2.49. The summed E-state index contributed by atoms with van der Waals surface area (Å²) in [6, 6.07) is 0. The van der Waals surface area contributed by atoms with Gasteiger partial charge in [0, 0.05) is 0 Å². The van der Waals surface area contributed by atoms with Crippen LogP contribution in [-0.4, -0.2) is 12.2 Å². The SMILES string of the molecule is C.C1C2CC3CC1CC(C2)O3. The van der Waals surface area contributed by atoms with E-state index in [4.69, 9.17) is 4.74 Å².